The van der Waals surface area contributed by atoms with Crippen molar-refractivity contribution in [2.24, 2.45) is 0 Å². The number of rotatable bonds is 36. The quantitative estimate of drug-likeness (QED) is 0.0805. The fourth-order valence-electron chi connectivity index (χ4n) is 3.47. The molecular weight excluding hydrogens is 634 g/mol. The van der Waals surface area contributed by atoms with E-state index >= 15 is 0 Å². The second-order valence-electron chi connectivity index (χ2n) is 9.67. The monoisotopic (exact) mass is 691 g/mol. The van der Waals surface area contributed by atoms with Crippen molar-refractivity contribution in [1.29, 1.82) is 0 Å². The second kappa shape index (κ2) is 35.9. The van der Waals surface area contributed by atoms with E-state index in [1.165, 1.54) is 0 Å². The van der Waals surface area contributed by atoms with Crippen LogP contribution in [0.2, 0.25) is 0 Å². The van der Waals surface area contributed by atoms with E-state index in [-0.39, 0.29) is 19.0 Å². The minimum absolute atomic E-state index is 0.235. The molecule has 0 aliphatic heterocycles. The summed E-state index contributed by atoms with van der Waals surface area (Å²) < 4.78 is 64.2. The van der Waals surface area contributed by atoms with Crippen LogP contribution in [0.15, 0.2) is 30.3 Å². The molecule has 0 bridgehead atoms. The van der Waals surface area contributed by atoms with Gasteiger partial charge in [0.1, 0.15) is 6.61 Å². The minimum Gasteiger partial charge on any atom is -0.466 e. The van der Waals surface area contributed by atoms with Gasteiger partial charge in [-0.15, -0.1) is 0 Å². The van der Waals surface area contributed by atoms with Crippen LogP contribution in [0, 0.1) is 0 Å². The van der Waals surface area contributed by atoms with Crippen LogP contribution in [0.4, 0.5) is 4.79 Å². The zero-order valence-electron chi connectivity index (χ0n) is 28.6. The highest BCUT2D eigenvalue weighted by atomic mass is 16.6. The van der Waals surface area contributed by atoms with E-state index in [2.05, 4.69) is 5.32 Å². The topological polar surface area (TPSA) is 157 Å². The number of alkyl carbamates (subject to hydrolysis) is 1. The minimum atomic E-state index is -0.472. The molecular formula is C33H57NO14. The molecule has 1 aromatic carbocycles. The molecule has 0 unspecified atom stereocenters. The van der Waals surface area contributed by atoms with Gasteiger partial charge in [-0.25, -0.2) is 4.79 Å². The van der Waals surface area contributed by atoms with E-state index < -0.39 is 6.09 Å². The lowest BCUT2D eigenvalue weighted by molar-refractivity contribution is -0.144. The number of benzene rings is 1. The van der Waals surface area contributed by atoms with Crippen LogP contribution >= 0.6 is 0 Å². The van der Waals surface area contributed by atoms with Crippen molar-refractivity contribution in [3.8, 4) is 0 Å². The molecule has 48 heavy (non-hydrogen) atoms. The zero-order chi connectivity index (χ0) is 34.4. The lowest BCUT2D eigenvalue weighted by Crippen LogP contribution is -2.28. The molecule has 1 aromatic rings. The van der Waals surface area contributed by atoms with Gasteiger partial charge in [-0.3, -0.25) is 4.79 Å². The van der Waals surface area contributed by atoms with Crippen LogP contribution in [-0.2, 0) is 68.2 Å². The molecule has 15 nitrogen and oxygen atoms in total. The van der Waals surface area contributed by atoms with Gasteiger partial charge in [-0.2, -0.15) is 0 Å². The summed E-state index contributed by atoms with van der Waals surface area (Å²) in [5.41, 5.74) is 0.935. The third-order valence-electron chi connectivity index (χ3n) is 5.83. The highest BCUT2D eigenvalue weighted by Crippen LogP contribution is 2.00. The molecule has 1 rings (SSSR count). The van der Waals surface area contributed by atoms with Gasteiger partial charge in [0.25, 0.3) is 0 Å². The molecule has 0 spiro atoms. The molecule has 0 saturated heterocycles. The Morgan fingerprint density at radius 3 is 1.21 bits per heavy atom. The number of ether oxygens (including phenoxy) is 12. The summed E-state index contributed by atoms with van der Waals surface area (Å²) in [7, 11) is 0. The smallest absolute Gasteiger partial charge is 0.407 e. The molecule has 0 atom stereocenters. The number of carbonyl (C=O) groups is 2. The average Bonchev–Trinajstić information content (AvgIpc) is 3.10. The Morgan fingerprint density at radius 1 is 0.479 bits per heavy atom. The maximum atomic E-state index is 11.6. The highest BCUT2D eigenvalue weighted by Gasteiger charge is 2.02. The third-order valence-corrected chi connectivity index (χ3v) is 5.83. The molecule has 0 saturated carbocycles. The van der Waals surface area contributed by atoms with E-state index in [1.807, 2.05) is 30.3 Å². The van der Waals surface area contributed by atoms with Gasteiger partial charge in [0.05, 0.1) is 145 Å². The summed E-state index contributed by atoms with van der Waals surface area (Å²) in [4.78, 5) is 22.8. The van der Waals surface area contributed by atoms with Crippen LogP contribution in [0.5, 0.6) is 0 Å². The lowest BCUT2D eigenvalue weighted by Gasteiger charge is -2.09. The molecule has 0 heterocycles. The summed E-state index contributed by atoms with van der Waals surface area (Å²) in [6.45, 7) is 11.9. The SMILES string of the molecule is CCOC(=O)CCOCCOCCOCCOCCOCCOCCOCCOCCOCCOCCNC(=O)OCc1ccccc1. The van der Waals surface area contributed by atoms with Crippen LogP contribution in [0.25, 0.3) is 0 Å². The molecule has 0 radical (unpaired) electrons. The van der Waals surface area contributed by atoms with Crippen molar-refractivity contribution >= 4 is 12.1 Å². The summed E-state index contributed by atoms with van der Waals surface area (Å²) in [5, 5.41) is 2.64. The summed E-state index contributed by atoms with van der Waals surface area (Å²) >= 11 is 0. The molecule has 1 amide bonds. The van der Waals surface area contributed by atoms with E-state index in [1.54, 1.807) is 6.92 Å². The molecule has 278 valence electrons. The van der Waals surface area contributed by atoms with Gasteiger partial charge in [0.2, 0.25) is 0 Å². The number of carbonyl (C=O) groups excluding carboxylic acids is 2. The third kappa shape index (κ3) is 32.1. The zero-order valence-corrected chi connectivity index (χ0v) is 28.6. The predicted molar refractivity (Wildman–Crippen MR) is 174 cm³/mol. The first kappa shape index (κ1) is 43.6. The Balaban J connectivity index is 1.64. The summed E-state index contributed by atoms with van der Waals surface area (Å²) in [6.07, 6.45) is -0.221. The maximum absolute atomic E-state index is 11.6. The van der Waals surface area contributed by atoms with Gasteiger partial charge >= 0.3 is 12.1 Å². The molecule has 0 fully saturated rings. The Kier molecular flexibility index (Phi) is 32.6. The largest absolute Gasteiger partial charge is 0.466 e. The van der Waals surface area contributed by atoms with E-state index in [9.17, 15) is 9.59 Å². The Bertz CT molecular complexity index is 836. The molecule has 1 N–H and O–H groups in total. The number of amides is 1. The van der Waals surface area contributed by atoms with E-state index in [0.29, 0.717) is 145 Å². The van der Waals surface area contributed by atoms with Crippen molar-refractivity contribution in [3.05, 3.63) is 35.9 Å². The first-order chi connectivity index (χ1) is 23.7. The van der Waals surface area contributed by atoms with Crippen LogP contribution in [0.3, 0.4) is 0 Å². The molecule has 0 aliphatic rings. The second-order valence-corrected chi connectivity index (χ2v) is 9.67. The van der Waals surface area contributed by atoms with Crippen molar-refractivity contribution in [3.63, 3.8) is 0 Å². The molecule has 15 heteroatoms. The van der Waals surface area contributed by atoms with Crippen molar-refractivity contribution in [1.82, 2.24) is 5.32 Å². The predicted octanol–water partition coefficient (Wildman–Crippen LogP) is 2.03. The lowest BCUT2D eigenvalue weighted by atomic mass is 10.2. The highest BCUT2D eigenvalue weighted by molar-refractivity contribution is 5.69. The normalized spacial score (nSPS) is 11.1. The average molecular weight is 692 g/mol. The van der Waals surface area contributed by atoms with Crippen LogP contribution < -0.4 is 5.32 Å². The van der Waals surface area contributed by atoms with Gasteiger partial charge < -0.3 is 62.2 Å². The van der Waals surface area contributed by atoms with Gasteiger partial charge in [-0.1, -0.05) is 30.3 Å². The molecule has 0 aliphatic carbocycles. The Morgan fingerprint density at radius 2 is 0.833 bits per heavy atom. The van der Waals surface area contributed by atoms with Gasteiger partial charge in [0, 0.05) is 6.54 Å². The molecule has 0 aromatic heterocycles. The van der Waals surface area contributed by atoms with E-state index in [4.69, 9.17) is 56.8 Å². The van der Waals surface area contributed by atoms with Gasteiger partial charge in [0.15, 0.2) is 0 Å². The van der Waals surface area contributed by atoms with E-state index in [0.717, 1.165) is 5.56 Å². The fraction of sp³-hybridized carbons (Fsp3) is 0.758. The van der Waals surface area contributed by atoms with Crippen molar-refractivity contribution in [2.75, 3.05) is 145 Å². The Hall–Kier alpha value is -2.44. The fourth-order valence-corrected chi connectivity index (χ4v) is 3.47. The summed E-state index contributed by atoms with van der Waals surface area (Å²) in [5.74, 6) is -0.255. The van der Waals surface area contributed by atoms with Crippen LogP contribution in [0.1, 0.15) is 18.9 Å². The van der Waals surface area contributed by atoms with Gasteiger partial charge in [-0.05, 0) is 12.5 Å². The summed E-state index contributed by atoms with van der Waals surface area (Å²) in [6, 6.07) is 9.49. The number of nitrogens with one attached hydrogen (secondary N) is 1. The maximum Gasteiger partial charge on any atom is 0.407 e. The van der Waals surface area contributed by atoms with Crippen molar-refractivity contribution < 1.29 is 66.4 Å². The first-order valence-corrected chi connectivity index (χ1v) is 16.6. The number of esters is 1. The number of hydrogen-bond acceptors (Lipinski definition) is 14. The van der Waals surface area contributed by atoms with Crippen LogP contribution in [-0.4, -0.2) is 157 Å². The standard InChI is InChI=1S/C33H57NO14/c1-2-47-32(35)8-10-37-12-14-39-16-18-41-20-22-43-24-26-45-28-29-46-27-25-44-23-21-42-19-17-40-15-13-38-11-9-34-33(36)48-30-31-6-4-3-5-7-31/h3-7H,2,8-30H2,1H3,(H,34,36). The Labute approximate surface area is 285 Å². The number of hydrogen-bond donors (Lipinski definition) is 1. The first-order valence-electron chi connectivity index (χ1n) is 16.6. The van der Waals surface area contributed by atoms with Crippen molar-refractivity contribution in [2.45, 2.75) is 20.0 Å².